The van der Waals surface area contributed by atoms with E-state index >= 15 is 0 Å². The molecule has 1 aromatic carbocycles. The average molecular weight is 401 g/mol. The van der Waals surface area contributed by atoms with Gasteiger partial charge in [0.2, 0.25) is 5.91 Å². The molecule has 1 heterocycles. The van der Waals surface area contributed by atoms with Crippen molar-refractivity contribution in [3.8, 4) is 0 Å². The van der Waals surface area contributed by atoms with Gasteiger partial charge in [-0.15, -0.1) is 0 Å². The second kappa shape index (κ2) is 8.43. The van der Waals surface area contributed by atoms with E-state index in [1.54, 1.807) is 0 Å². The molecule has 0 radical (unpaired) electrons. The summed E-state index contributed by atoms with van der Waals surface area (Å²) < 4.78 is 0. The molecular weight excluding hydrogens is 368 g/mol. The molecule has 2 N–H and O–H groups in total. The number of carbonyl (C=O) groups excluding carboxylic acids is 3. The van der Waals surface area contributed by atoms with Crippen LogP contribution in [0.5, 0.6) is 0 Å². The zero-order chi connectivity index (χ0) is 21.2. The first-order valence-electron chi connectivity index (χ1n) is 10.6. The molecule has 2 fully saturated rings. The highest BCUT2D eigenvalue weighted by Crippen LogP contribution is 2.36. The Morgan fingerprint density at radius 1 is 1.24 bits per heavy atom. The SMILES string of the molecule is CCN(c1ccc(NC(=O)CN2C(=O)NC3(CCC(C)CC3)C2=O)cc1)C(C)C. The smallest absolute Gasteiger partial charge is 0.325 e. The molecule has 7 heteroatoms. The second-order valence-electron chi connectivity index (χ2n) is 8.56. The van der Waals surface area contributed by atoms with Gasteiger partial charge < -0.3 is 15.5 Å². The average Bonchev–Trinajstić information content (AvgIpc) is 2.90. The Balaban J connectivity index is 1.61. The van der Waals surface area contributed by atoms with Crippen LogP contribution in [0.3, 0.4) is 0 Å². The highest BCUT2D eigenvalue weighted by molar-refractivity contribution is 6.10. The van der Waals surface area contributed by atoms with Crippen LogP contribution < -0.4 is 15.5 Å². The Kier molecular flexibility index (Phi) is 6.15. The maximum atomic E-state index is 12.9. The number of carbonyl (C=O) groups is 3. The van der Waals surface area contributed by atoms with Crippen molar-refractivity contribution >= 4 is 29.2 Å². The molecule has 0 bridgehead atoms. The molecule has 0 unspecified atom stereocenters. The van der Waals surface area contributed by atoms with Crippen molar-refractivity contribution < 1.29 is 14.4 Å². The molecule has 1 aliphatic heterocycles. The summed E-state index contributed by atoms with van der Waals surface area (Å²) in [5.74, 6) is -0.0842. The summed E-state index contributed by atoms with van der Waals surface area (Å²) in [5, 5.41) is 5.64. The van der Waals surface area contributed by atoms with Gasteiger partial charge >= 0.3 is 6.03 Å². The number of amides is 4. The van der Waals surface area contributed by atoms with Crippen LogP contribution >= 0.6 is 0 Å². The highest BCUT2D eigenvalue weighted by Gasteiger charge is 2.52. The van der Waals surface area contributed by atoms with Crippen LogP contribution in [0.15, 0.2) is 24.3 Å². The van der Waals surface area contributed by atoms with Crippen LogP contribution in [0.25, 0.3) is 0 Å². The second-order valence-corrected chi connectivity index (χ2v) is 8.56. The molecule has 0 atom stereocenters. The van der Waals surface area contributed by atoms with E-state index in [2.05, 4.69) is 43.2 Å². The predicted molar refractivity (Wildman–Crippen MR) is 114 cm³/mol. The Hall–Kier alpha value is -2.57. The van der Waals surface area contributed by atoms with Gasteiger partial charge in [-0.3, -0.25) is 14.5 Å². The molecule has 4 amide bonds. The lowest BCUT2D eigenvalue weighted by atomic mass is 9.77. The van der Waals surface area contributed by atoms with Crippen molar-refractivity contribution in [2.24, 2.45) is 5.92 Å². The van der Waals surface area contributed by atoms with Crippen LogP contribution in [0.2, 0.25) is 0 Å². The van der Waals surface area contributed by atoms with Crippen LogP contribution in [0.1, 0.15) is 53.4 Å². The van der Waals surface area contributed by atoms with Crippen molar-refractivity contribution in [3.63, 3.8) is 0 Å². The molecule has 29 heavy (non-hydrogen) atoms. The Bertz CT molecular complexity index is 767. The molecule has 1 saturated carbocycles. The highest BCUT2D eigenvalue weighted by atomic mass is 16.2. The molecule has 0 aromatic heterocycles. The lowest BCUT2D eigenvalue weighted by Crippen LogP contribution is -2.49. The van der Waals surface area contributed by atoms with Crippen LogP contribution in [0, 0.1) is 5.92 Å². The van der Waals surface area contributed by atoms with E-state index < -0.39 is 11.6 Å². The summed E-state index contributed by atoms with van der Waals surface area (Å²) in [5.41, 5.74) is 0.918. The number of nitrogens with zero attached hydrogens (tertiary/aromatic N) is 2. The van der Waals surface area contributed by atoms with Crippen molar-refractivity contribution in [2.75, 3.05) is 23.3 Å². The van der Waals surface area contributed by atoms with E-state index in [-0.39, 0.29) is 18.4 Å². The van der Waals surface area contributed by atoms with E-state index in [9.17, 15) is 14.4 Å². The minimum Gasteiger partial charge on any atom is -0.369 e. The molecule has 1 spiro atoms. The minimum absolute atomic E-state index is 0.267. The number of hydrogen-bond acceptors (Lipinski definition) is 4. The van der Waals surface area contributed by atoms with E-state index in [0.29, 0.717) is 30.5 Å². The van der Waals surface area contributed by atoms with Gasteiger partial charge in [-0.2, -0.15) is 0 Å². The van der Waals surface area contributed by atoms with Crippen molar-refractivity contribution in [1.82, 2.24) is 10.2 Å². The third-order valence-electron chi connectivity index (χ3n) is 6.12. The number of nitrogens with one attached hydrogen (secondary N) is 2. The summed E-state index contributed by atoms with van der Waals surface area (Å²) in [6.45, 7) is 9.17. The summed E-state index contributed by atoms with van der Waals surface area (Å²) in [4.78, 5) is 41.0. The third-order valence-corrected chi connectivity index (χ3v) is 6.12. The van der Waals surface area contributed by atoms with Crippen molar-refractivity contribution in [1.29, 1.82) is 0 Å². The molecular formula is C22H32N4O3. The first-order valence-corrected chi connectivity index (χ1v) is 10.6. The van der Waals surface area contributed by atoms with E-state index in [0.717, 1.165) is 30.0 Å². The first-order chi connectivity index (χ1) is 13.8. The molecule has 1 aromatic rings. The maximum Gasteiger partial charge on any atom is 0.325 e. The van der Waals surface area contributed by atoms with Crippen LogP contribution in [-0.4, -0.2) is 47.4 Å². The van der Waals surface area contributed by atoms with Gasteiger partial charge in [0.25, 0.3) is 5.91 Å². The number of benzene rings is 1. The number of hydrogen-bond donors (Lipinski definition) is 2. The third kappa shape index (κ3) is 4.38. The zero-order valence-electron chi connectivity index (χ0n) is 17.8. The van der Waals surface area contributed by atoms with Gasteiger partial charge in [0.05, 0.1) is 0 Å². The fourth-order valence-electron chi connectivity index (χ4n) is 4.34. The molecule has 1 saturated heterocycles. The van der Waals surface area contributed by atoms with Gasteiger partial charge in [0.15, 0.2) is 0 Å². The van der Waals surface area contributed by atoms with Crippen LogP contribution in [-0.2, 0) is 9.59 Å². The fourth-order valence-corrected chi connectivity index (χ4v) is 4.34. The summed E-state index contributed by atoms with van der Waals surface area (Å²) in [7, 11) is 0. The van der Waals surface area contributed by atoms with E-state index in [1.807, 2.05) is 24.3 Å². The Morgan fingerprint density at radius 3 is 2.41 bits per heavy atom. The van der Waals surface area contributed by atoms with Crippen LogP contribution in [0.4, 0.5) is 16.2 Å². The predicted octanol–water partition coefficient (Wildman–Crippen LogP) is 3.36. The standard InChI is InChI=1S/C22H32N4O3/c1-5-25(15(2)3)18-8-6-17(7-9-18)23-19(27)14-26-20(28)22(24-21(26)29)12-10-16(4)11-13-22/h6-9,15-16H,5,10-14H2,1-4H3,(H,23,27)(H,24,29). The topological polar surface area (TPSA) is 81.8 Å². The minimum atomic E-state index is -0.814. The quantitative estimate of drug-likeness (QED) is 0.718. The van der Waals surface area contributed by atoms with Gasteiger partial charge in [-0.1, -0.05) is 6.92 Å². The lowest BCUT2D eigenvalue weighted by molar-refractivity contribution is -0.135. The zero-order valence-corrected chi connectivity index (χ0v) is 17.8. The molecule has 158 valence electrons. The monoisotopic (exact) mass is 400 g/mol. The van der Waals surface area contributed by atoms with E-state index in [4.69, 9.17) is 0 Å². The van der Waals surface area contributed by atoms with Gasteiger partial charge in [-0.25, -0.2) is 4.79 Å². The van der Waals surface area contributed by atoms with Crippen molar-refractivity contribution in [2.45, 2.75) is 65.0 Å². The largest absolute Gasteiger partial charge is 0.369 e. The molecule has 2 aliphatic rings. The number of anilines is 2. The van der Waals surface area contributed by atoms with Gasteiger partial charge in [0.1, 0.15) is 12.1 Å². The first kappa shape index (κ1) is 21.1. The Morgan fingerprint density at radius 2 is 1.86 bits per heavy atom. The lowest BCUT2D eigenvalue weighted by Gasteiger charge is -2.33. The summed E-state index contributed by atoms with van der Waals surface area (Å²) >= 11 is 0. The number of rotatable bonds is 6. The maximum absolute atomic E-state index is 12.9. The normalized spacial score (nSPS) is 24.2. The molecule has 3 rings (SSSR count). The number of imide groups is 1. The molecule has 7 nitrogen and oxygen atoms in total. The number of urea groups is 1. The van der Waals surface area contributed by atoms with Gasteiger partial charge in [-0.05, 0) is 76.6 Å². The fraction of sp³-hybridized carbons (Fsp3) is 0.591. The Labute approximate surface area is 172 Å². The summed E-state index contributed by atoms with van der Waals surface area (Å²) in [6.07, 6.45) is 3.09. The van der Waals surface area contributed by atoms with E-state index in [1.165, 1.54) is 0 Å². The summed E-state index contributed by atoms with van der Waals surface area (Å²) in [6, 6.07) is 7.53. The van der Waals surface area contributed by atoms with Crippen molar-refractivity contribution in [3.05, 3.63) is 24.3 Å². The van der Waals surface area contributed by atoms with Gasteiger partial charge in [0, 0.05) is 24.0 Å². The molecule has 1 aliphatic carbocycles.